The zero-order valence-corrected chi connectivity index (χ0v) is 16.8. The van der Waals surface area contributed by atoms with Crippen molar-refractivity contribution in [2.75, 3.05) is 33.9 Å². The molecular weight excluding hydrogens is 417 g/mol. The highest BCUT2D eigenvalue weighted by molar-refractivity contribution is 6.32. The van der Waals surface area contributed by atoms with Crippen LogP contribution in [0.15, 0.2) is 18.2 Å². The van der Waals surface area contributed by atoms with Crippen molar-refractivity contribution < 1.29 is 37.3 Å². The number of halogens is 4. The summed E-state index contributed by atoms with van der Waals surface area (Å²) < 4.78 is 42.2. The van der Waals surface area contributed by atoms with E-state index in [0.29, 0.717) is 22.6 Å². The average molecular weight is 439 g/mol. The molecule has 0 spiro atoms. The first-order valence-corrected chi connectivity index (χ1v) is 8.79. The Morgan fingerprint density at radius 3 is 2.41 bits per heavy atom. The van der Waals surface area contributed by atoms with Crippen LogP contribution < -0.4 is 14.8 Å². The first-order chi connectivity index (χ1) is 13.5. The summed E-state index contributed by atoms with van der Waals surface area (Å²) in [5.74, 6) is -1.73. The topological polar surface area (TPSA) is 88.1 Å². The molecule has 1 fully saturated rings. The normalized spacial score (nSPS) is 16.8. The first-order valence-electron chi connectivity index (χ1n) is 8.41. The number of rotatable bonds is 4. The molecule has 1 aliphatic rings. The van der Waals surface area contributed by atoms with Crippen LogP contribution in [0, 0.1) is 0 Å². The molecule has 29 heavy (non-hydrogen) atoms. The van der Waals surface area contributed by atoms with Gasteiger partial charge >= 0.3 is 12.1 Å². The van der Waals surface area contributed by atoms with E-state index >= 15 is 0 Å². The Morgan fingerprint density at radius 1 is 1.31 bits per heavy atom. The maximum Gasteiger partial charge on any atom is 0.490 e. The number of benzene rings is 1. The van der Waals surface area contributed by atoms with Crippen LogP contribution in [0.4, 0.5) is 13.2 Å². The van der Waals surface area contributed by atoms with Gasteiger partial charge in [-0.15, -0.1) is 0 Å². The van der Waals surface area contributed by atoms with Crippen molar-refractivity contribution in [2.24, 2.45) is 0 Å². The fraction of sp³-hybridized carbons (Fsp3) is 0.444. The molecule has 1 heterocycles. The van der Waals surface area contributed by atoms with Crippen LogP contribution in [0.3, 0.4) is 0 Å². The largest absolute Gasteiger partial charge is 0.493 e. The molecule has 1 aromatic carbocycles. The number of hydrogen-bond donors (Lipinski definition) is 2. The van der Waals surface area contributed by atoms with E-state index in [-0.39, 0.29) is 5.91 Å². The summed E-state index contributed by atoms with van der Waals surface area (Å²) in [6, 6.07) is 3.85. The number of amides is 1. The molecule has 1 saturated heterocycles. The number of carbonyl (C=O) groups excluding carboxylic acids is 1. The smallest absolute Gasteiger partial charge is 0.490 e. The van der Waals surface area contributed by atoms with Gasteiger partial charge in [-0.1, -0.05) is 11.6 Å². The minimum atomic E-state index is -5.08. The lowest BCUT2D eigenvalue weighted by Crippen LogP contribution is -2.50. The standard InChI is InChI=1S/C16H21ClN2O3.C2HF3O2/c1-11-10-19(7-6-18-11)15(20)5-4-12-8-13(17)16(22-3)14(9-12)21-2;3-2(4,5)1(6)7/h4-5,8-9,11,18H,6-7,10H2,1-3H3;(H,6,7)/b5-4+;. The number of nitrogens with zero attached hydrogens (tertiary/aromatic N) is 1. The molecule has 11 heteroatoms. The van der Waals surface area contributed by atoms with Crippen LogP contribution in [0.25, 0.3) is 6.08 Å². The number of carboxylic acids is 1. The minimum Gasteiger partial charge on any atom is -0.493 e. The zero-order valence-electron chi connectivity index (χ0n) is 16.0. The molecule has 2 rings (SSSR count). The Kier molecular flexibility index (Phi) is 9.25. The number of ether oxygens (including phenoxy) is 2. The quantitative estimate of drug-likeness (QED) is 0.703. The van der Waals surface area contributed by atoms with Crippen molar-refractivity contribution in [1.82, 2.24) is 10.2 Å². The van der Waals surface area contributed by atoms with Gasteiger partial charge in [0.25, 0.3) is 0 Å². The first kappa shape index (κ1) is 24.6. The van der Waals surface area contributed by atoms with E-state index in [0.717, 1.165) is 25.2 Å². The van der Waals surface area contributed by atoms with Crippen molar-refractivity contribution in [1.29, 1.82) is 0 Å². The molecule has 162 valence electrons. The van der Waals surface area contributed by atoms with Crippen LogP contribution >= 0.6 is 11.6 Å². The van der Waals surface area contributed by atoms with Crippen molar-refractivity contribution in [3.05, 3.63) is 28.8 Å². The van der Waals surface area contributed by atoms with Crippen LogP contribution in [0.2, 0.25) is 5.02 Å². The molecular formula is C18H22ClF3N2O5. The van der Waals surface area contributed by atoms with Crippen LogP contribution in [-0.2, 0) is 9.59 Å². The lowest BCUT2D eigenvalue weighted by atomic mass is 10.1. The van der Waals surface area contributed by atoms with Gasteiger partial charge in [0.15, 0.2) is 11.5 Å². The Labute approximate surface area is 171 Å². The van der Waals surface area contributed by atoms with Gasteiger partial charge in [-0.3, -0.25) is 4.79 Å². The number of carbonyl (C=O) groups is 2. The monoisotopic (exact) mass is 438 g/mol. The number of methoxy groups -OCH3 is 2. The van der Waals surface area contributed by atoms with E-state index in [1.807, 2.05) is 4.90 Å². The summed E-state index contributed by atoms with van der Waals surface area (Å²) in [7, 11) is 3.09. The molecule has 1 unspecified atom stereocenters. The molecule has 0 aromatic heterocycles. The zero-order chi connectivity index (χ0) is 22.2. The van der Waals surface area contributed by atoms with E-state index in [1.54, 1.807) is 31.4 Å². The van der Waals surface area contributed by atoms with E-state index in [2.05, 4.69) is 12.2 Å². The van der Waals surface area contributed by atoms with E-state index in [9.17, 15) is 18.0 Å². The molecule has 0 radical (unpaired) electrons. The second-order valence-electron chi connectivity index (χ2n) is 6.01. The number of piperazine rings is 1. The van der Waals surface area contributed by atoms with Crippen molar-refractivity contribution in [3.63, 3.8) is 0 Å². The lowest BCUT2D eigenvalue weighted by molar-refractivity contribution is -0.192. The van der Waals surface area contributed by atoms with Crippen molar-refractivity contribution in [3.8, 4) is 11.5 Å². The Hall–Kier alpha value is -2.46. The maximum atomic E-state index is 12.2. The third-order valence-corrected chi connectivity index (χ3v) is 4.08. The van der Waals surface area contributed by atoms with Crippen molar-refractivity contribution >= 4 is 29.6 Å². The Balaban J connectivity index is 0.000000516. The van der Waals surface area contributed by atoms with Crippen LogP contribution in [0.5, 0.6) is 11.5 Å². The highest BCUT2D eigenvalue weighted by Gasteiger charge is 2.38. The predicted octanol–water partition coefficient (Wildman–Crippen LogP) is 2.82. The Bertz CT molecular complexity index is 756. The third-order valence-electron chi connectivity index (χ3n) is 3.80. The summed E-state index contributed by atoms with van der Waals surface area (Å²) in [5.41, 5.74) is 0.791. The van der Waals surface area contributed by atoms with E-state index < -0.39 is 12.1 Å². The maximum absolute atomic E-state index is 12.2. The molecule has 1 amide bonds. The Morgan fingerprint density at radius 2 is 1.93 bits per heavy atom. The predicted molar refractivity (Wildman–Crippen MR) is 101 cm³/mol. The van der Waals surface area contributed by atoms with Crippen molar-refractivity contribution in [2.45, 2.75) is 19.1 Å². The van der Waals surface area contributed by atoms with E-state index in [1.165, 1.54) is 7.11 Å². The van der Waals surface area contributed by atoms with E-state index in [4.69, 9.17) is 31.0 Å². The second-order valence-corrected chi connectivity index (χ2v) is 6.42. The molecule has 2 N–H and O–H groups in total. The summed E-state index contributed by atoms with van der Waals surface area (Å²) in [5, 5.41) is 10.9. The summed E-state index contributed by atoms with van der Waals surface area (Å²) in [6.45, 7) is 4.33. The van der Waals surface area contributed by atoms with Gasteiger partial charge in [0.05, 0.1) is 19.2 Å². The number of aliphatic carboxylic acids is 1. The fourth-order valence-corrected chi connectivity index (χ4v) is 2.74. The molecule has 7 nitrogen and oxygen atoms in total. The molecule has 0 aliphatic carbocycles. The highest BCUT2D eigenvalue weighted by Crippen LogP contribution is 2.36. The molecule has 0 saturated carbocycles. The summed E-state index contributed by atoms with van der Waals surface area (Å²) in [6.07, 6.45) is -1.78. The fourth-order valence-electron chi connectivity index (χ4n) is 2.44. The molecule has 0 bridgehead atoms. The summed E-state index contributed by atoms with van der Waals surface area (Å²) >= 11 is 6.15. The average Bonchev–Trinajstić information content (AvgIpc) is 2.65. The van der Waals surface area contributed by atoms with Crippen LogP contribution in [-0.4, -0.2) is 68.0 Å². The summed E-state index contributed by atoms with van der Waals surface area (Å²) in [4.78, 5) is 22.9. The van der Waals surface area contributed by atoms with Gasteiger partial charge in [0, 0.05) is 31.8 Å². The third kappa shape index (κ3) is 7.82. The SMILES string of the molecule is COc1cc(/C=C/C(=O)N2CCNC(C)C2)cc(Cl)c1OC.O=C(O)C(F)(F)F. The van der Waals surface area contributed by atoms with Gasteiger partial charge in [-0.2, -0.15) is 13.2 Å². The van der Waals surface area contributed by atoms with Gasteiger partial charge in [0.1, 0.15) is 0 Å². The molecule has 1 aromatic rings. The highest BCUT2D eigenvalue weighted by atomic mass is 35.5. The molecule has 1 atom stereocenters. The number of nitrogens with one attached hydrogen (secondary N) is 1. The number of carboxylic acid groups (broad SMARTS) is 1. The van der Waals surface area contributed by atoms with Gasteiger partial charge in [-0.05, 0) is 30.7 Å². The van der Waals surface area contributed by atoms with Crippen LogP contribution in [0.1, 0.15) is 12.5 Å². The number of alkyl halides is 3. The number of hydrogen-bond acceptors (Lipinski definition) is 5. The molecule has 1 aliphatic heterocycles. The van der Waals surface area contributed by atoms with Gasteiger partial charge in [-0.25, -0.2) is 4.79 Å². The minimum absolute atomic E-state index is 0.000688. The lowest BCUT2D eigenvalue weighted by Gasteiger charge is -2.31. The van der Waals surface area contributed by atoms with Gasteiger partial charge < -0.3 is 24.8 Å². The van der Waals surface area contributed by atoms with Gasteiger partial charge in [0.2, 0.25) is 5.91 Å². The second kappa shape index (κ2) is 10.9.